The van der Waals surface area contributed by atoms with Gasteiger partial charge in [-0.25, -0.2) is 14.8 Å². The van der Waals surface area contributed by atoms with Crippen molar-refractivity contribution < 1.29 is 9.53 Å². The first-order chi connectivity index (χ1) is 12.1. The summed E-state index contributed by atoms with van der Waals surface area (Å²) in [5.41, 5.74) is 1.30. The molecule has 1 aromatic heterocycles. The number of benzene rings is 1. The fraction of sp³-hybridized carbons (Fsp3) is 0.421. The second-order valence-corrected chi connectivity index (χ2v) is 6.02. The van der Waals surface area contributed by atoms with E-state index >= 15 is 0 Å². The van der Waals surface area contributed by atoms with Crippen molar-refractivity contribution in [2.45, 2.75) is 45.6 Å². The monoisotopic (exact) mass is 361 g/mol. The number of nitrogens with one attached hydrogen (secondary N) is 1. The largest absolute Gasteiger partial charge is 0.462 e. The predicted molar refractivity (Wildman–Crippen MR) is 99.9 cm³/mol. The summed E-state index contributed by atoms with van der Waals surface area (Å²) in [6.07, 6.45) is 6.10. The summed E-state index contributed by atoms with van der Waals surface area (Å²) in [6.45, 7) is 6.09. The van der Waals surface area contributed by atoms with Gasteiger partial charge in [-0.15, -0.1) is 0 Å². The lowest BCUT2D eigenvalue weighted by molar-refractivity contribution is 0.0525. The van der Waals surface area contributed by atoms with E-state index in [1.165, 1.54) is 12.4 Å². The van der Waals surface area contributed by atoms with Gasteiger partial charge in [0.25, 0.3) is 0 Å². The van der Waals surface area contributed by atoms with Gasteiger partial charge >= 0.3 is 5.97 Å². The maximum atomic E-state index is 11.6. The van der Waals surface area contributed by atoms with E-state index in [2.05, 4.69) is 21.4 Å². The molecule has 0 aliphatic heterocycles. The molecule has 6 heteroatoms. The minimum atomic E-state index is -0.410. The topological polar surface area (TPSA) is 64.1 Å². The summed E-state index contributed by atoms with van der Waals surface area (Å²) in [5, 5.41) is 4.12. The van der Waals surface area contributed by atoms with Gasteiger partial charge in [0, 0.05) is 17.4 Å². The molecule has 0 spiro atoms. The zero-order valence-electron chi connectivity index (χ0n) is 14.9. The van der Waals surface area contributed by atoms with E-state index in [9.17, 15) is 4.79 Å². The van der Waals surface area contributed by atoms with Crippen molar-refractivity contribution >= 4 is 23.5 Å². The van der Waals surface area contributed by atoms with Crippen LogP contribution in [0.3, 0.4) is 0 Å². The van der Waals surface area contributed by atoms with Crippen LogP contribution in [-0.2, 0) is 10.3 Å². The maximum Gasteiger partial charge on any atom is 0.341 e. The van der Waals surface area contributed by atoms with E-state index in [-0.39, 0.29) is 5.54 Å². The molecule has 0 unspecified atom stereocenters. The first-order valence-electron chi connectivity index (χ1n) is 8.66. The number of halogens is 1. The van der Waals surface area contributed by atoms with Crippen molar-refractivity contribution in [2.24, 2.45) is 0 Å². The number of anilines is 1. The molecular weight excluding hydrogens is 338 g/mol. The number of carbonyl (C=O) groups excluding carboxylic acids is 1. The van der Waals surface area contributed by atoms with Gasteiger partial charge in [0.2, 0.25) is 5.95 Å². The second-order valence-electron chi connectivity index (χ2n) is 5.59. The number of hydrogen-bond acceptors (Lipinski definition) is 5. The number of nitrogens with zero attached hydrogens (tertiary/aromatic N) is 2. The highest BCUT2D eigenvalue weighted by Gasteiger charge is 2.39. The van der Waals surface area contributed by atoms with Crippen LogP contribution in [0.4, 0.5) is 5.95 Å². The van der Waals surface area contributed by atoms with Gasteiger partial charge in [-0.3, -0.25) is 0 Å². The van der Waals surface area contributed by atoms with Crippen LogP contribution in [0.2, 0.25) is 5.02 Å². The Morgan fingerprint density at radius 3 is 2.48 bits per heavy atom. The number of aromatic nitrogens is 2. The van der Waals surface area contributed by atoms with Gasteiger partial charge in [0.05, 0.1) is 17.7 Å². The number of carbonyl (C=O) groups is 1. The van der Waals surface area contributed by atoms with E-state index in [4.69, 9.17) is 16.3 Å². The van der Waals surface area contributed by atoms with Crippen LogP contribution in [0.15, 0.2) is 36.7 Å². The number of rotatable bonds is 5. The van der Waals surface area contributed by atoms with E-state index in [1.54, 1.807) is 6.92 Å². The normalized spacial score (nSPS) is 14.6. The van der Waals surface area contributed by atoms with E-state index < -0.39 is 5.97 Å². The third kappa shape index (κ3) is 4.48. The minimum Gasteiger partial charge on any atom is -0.462 e. The number of ether oxygens (including phenoxy) is 1. The Labute approximate surface area is 153 Å². The molecular formula is C19H24ClN3O2. The summed E-state index contributed by atoms with van der Waals surface area (Å²) < 4.78 is 4.93. The number of esters is 1. The molecule has 1 aromatic carbocycles. The van der Waals surface area contributed by atoms with Gasteiger partial charge < -0.3 is 10.1 Å². The summed E-state index contributed by atoms with van der Waals surface area (Å²) >= 11 is 6.11. The molecule has 1 fully saturated rings. The SMILES string of the molecule is CC.CCOC(=O)c1cnc(NC2(c3cccc(Cl)c3)CCC2)nc1. The van der Waals surface area contributed by atoms with Crippen molar-refractivity contribution in [1.82, 2.24) is 9.97 Å². The molecule has 5 nitrogen and oxygen atoms in total. The Hall–Kier alpha value is -2.14. The highest BCUT2D eigenvalue weighted by atomic mass is 35.5. The second kappa shape index (κ2) is 8.81. The lowest BCUT2D eigenvalue weighted by Gasteiger charge is -2.43. The first-order valence-corrected chi connectivity index (χ1v) is 9.04. The van der Waals surface area contributed by atoms with Gasteiger partial charge in [-0.2, -0.15) is 0 Å². The average Bonchev–Trinajstić information content (AvgIpc) is 2.60. The van der Waals surface area contributed by atoms with E-state index in [1.807, 2.05) is 32.0 Å². The van der Waals surface area contributed by atoms with Crippen LogP contribution in [-0.4, -0.2) is 22.5 Å². The molecule has 1 aliphatic rings. The summed E-state index contributed by atoms with van der Waals surface area (Å²) in [4.78, 5) is 20.1. The molecule has 134 valence electrons. The molecule has 1 heterocycles. The van der Waals surface area contributed by atoms with Crippen molar-refractivity contribution in [3.8, 4) is 0 Å². The average molecular weight is 362 g/mol. The molecule has 0 bridgehead atoms. The fourth-order valence-corrected chi connectivity index (χ4v) is 2.92. The number of hydrogen-bond donors (Lipinski definition) is 1. The molecule has 2 aromatic rings. The van der Waals surface area contributed by atoms with Crippen LogP contribution >= 0.6 is 11.6 Å². The Bertz CT molecular complexity index is 700. The third-order valence-electron chi connectivity index (χ3n) is 4.10. The van der Waals surface area contributed by atoms with Gasteiger partial charge in [-0.1, -0.05) is 37.6 Å². The summed E-state index contributed by atoms with van der Waals surface area (Å²) in [6, 6.07) is 7.85. The zero-order valence-corrected chi connectivity index (χ0v) is 15.6. The highest BCUT2D eigenvalue weighted by Crippen LogP contribution is 2.44. The van der Waals surface area contributed by atoms with Crippen LogP contribution < -0.4 is 5.32 Å². The van der Waals surface area contributed by atoms with Crippen LogP contribution in [0.5, 0.6) is 0 Å². The smallest absolute Gasteiger partial charge is 0.341 e. The lowest BCUT2D eigenvalue weighted by atomic mass is 9.72. The Morgan fingerprint density at radius 2 is 1.96 bits per heavy atom. The minimum absolute atomic E-state index is 0.184. The van der Waals surface area contributed by atoms with Crippen LogP contribution in [0, 0.1) is 0 Å². The molecule has 1 N–H and O–H groups in total. The molecule has 3 rings (SSSR count). The van der Waals surface area contributed by atoms with E-state index in [0.29, 0.717) is 23.1 Å². The molecule has 1 saturated carbocycles. The van der Waals surface area contributed by atoms with Crippen molar-refractivity contribution in [2.75, 3.05) is 11.9 Å². The standard InChI is InChI=1S/C17H18ClN3O2.C2H6/c1-2-23-15(22)12-10-19-16(20-11-12)21-17(7-4-8-17)13-5-3-6-14(18)9-13;1-2/h3,5-6,9-11H,2,4,7-8H2,1H3,(H,19,20,21);1-2H3. The predicted octanol–water partition coefficient (Wildman–Crippen LogP) is 4.82. The van der Waals surface area contributed by atoms with Crippen molar-refractivity contribution in [3.63, 3.8) is 0 Å². The summed E-state index contributed by atoms with van der Waals surface area (Å²) in [5.74, 6) is 0.0879. The molecule has 0 radical (unpaired) electrons. The van der Waals surface area contributed by atoms with E-state index in [0.717, 1.165) is 24.8 Å². The van der Waals surface area contributed by atoms with Gasteiger partial charge in [0.15, 0.2) is 0 Å². The van der Waals surface area contributed by atoms with Crippen LogP contribution in [0.1, 0.15) is 56.0 Å². The molecule has 25 heavy (non-hydrogen) atoms. The Morgan fingerprint density at radius 1 is 1.28 bits per heavy atom. The maximum absolute atomic E-state index is 11.6. The molecule has 0 saturated heterocycles. The first kappa shape index (κ1) is 19.2. The molecule has 0 atom stereocenters. The van der Waals surface area contributed by atoms with Crippen LogP contribution in [0.25, 0.3) is 0 Å². The van der Waals surface area contributed by atoms with Crippen molar-refractivity contribution in [3.05, 3.63) is 52.8 Å². The zero-order chi connectivity index (χ0) is 18.3. The van der Waals surface area contributed by atoms with Gasteiger partial charge in [0.1, 0.15) is 0 Å². The van der Waals surface area contributed by atoms with Crippen molar-refractivity contribution in [1.29, 1.82) is 0 Å². The Kier molecular flexibility index (Phi) is 6.76. The Balaban J connectivity index is 0.00000109. The fourth-order valence-electron chi connectivity index (χ4n) is 2.73. The van der Waals surface area contributed by atoms with Gasteiger partial charge in [-0.05, 0) is 43.9 Å². The lowest BCUT2D eigenvalue weighted by Crippen LogP contribution is -2.42. The summed E-state index contributed by atoms with van der Waals surface area (Å²) in [7, 11) is 0. The molecule has 1 aliphatic carbocycles. The quantitative estimate of drug-likeness (QED) is 0.773. The molecule has 0 amide bonds. The third-order valence-corrected chi connectivity index (χ3v) is 4.33. The highest BCUT2D eigenvalue weighted by molar-refractivity contribution is 6.30.